The van der Waals surface area contributed by atoms with Gasteiger partial charge in [-0.25, -0.2) is 0 Å². The standard InChI is InChI=1S/C14H16F3N3O4/c1-9-7-18(4-5-19(9)8-14(15,16)17)13(22)11-3-2-10(20(23)24)6-12(11)21/h2-3,6,9,21H,4-5,7-8H2,1H3/t9-/m1/s1. The maximum atomic E-state index is 12.5. The molecule has 1 atom stereocenters. The van der Waals surface area contributed by atoms with E-state index in [2.05, 4.69) is 0 Å². The van der Waals surface area contributed by atoms with E-state index in [1.807, 2.05) is 0 Å². The second kappa shape index (κ2) is 6.63. The lowest BCUT2D eigenvalue weighted by Gasteiger charge is -2.40. The molecule has 1 fully saturated rings. The van der Waals surface area contributed by atoms with Crippen LogP contribution in [0.3, 0.4) is 0 Å². The van der Waals surface area contributed by atoms with Gasteiger partial charge in [0.2, 0.25) is 0 Å². The van der Waals surface area contributed by atoms with Gasteiger partial charge in [0.25, 0.3) is 11.6 Å². The third kappa shape index (κ3) is 4.13. The Kier molecular flexibility index (Phi) is 4.97. The number of non-ortho nitro benzene ring substituents is 1. The van der Waals surface area contributed by atoms with Crippen LogP contribution in [0.15, 0.2) is 18.2 Å². The second-order valence-corrected chi connectivity index (χ2v) is 5.64. The molecule has 24 heavy (non-hydrogen) atoms. The van der Waals surface area contributed by atoms with Gasteiger partial charge in [-0.3, -0.25) is 19.8 Å². The van der Waals surface area contributed by atoms with E-state index >= 15 is 0 Å². The molecule has 0 unspecified atom stereocenters. The quantitative estimate of drug-likeness (QED) is 0.668. The smallest absolute Gasteiger partial charge is 0.401 e. The molecule has 1 aliphatic heterocycles. The van der Waals surface area contributed by atoms with Crippen molar-refractivity contribution in [2.45, 2.75) is 19.1 Å². The van der Waals surface area contributed by atoms with Crippen LogP contribution < -0.4 is 0 Å². The number of carbonyl (C=O) groups excluding carboxylic acids is 1. The Morgan fingerprint density at radius 3 is 2.58 bits per heavy atom. The maximum Gasteiger partial charge on any atom is 0.401 e. The second-order valence-electron chi connectivity index (χ2n) is 5.64. The maximum absolute atomic E-state index is 12.5. The van der Waals surface area contributed by atoms with Crippen LogP contribution in [-0.4, -0.2) is 64.1 Å². The third-order valence-electron chi connectivity index (χ3n) is 3.86. The molecule has 0 spiro atoms. The molecule has 132 valence electrons. The van der Waals surface area contributed by atoms with Crippen LogP contribution in [-0.2, 0) is 0 Å². The van der Waals surface area contributed by atoms with E-state index in [1.54, 1.807) is 6.92 Å². The highest BCUT2D eigenvalue weighted by atomic mass is 19.4. The summed E-state index contributed by atoms with van der Waals surface area (Å²) in [4.78, 5) is 24.9. The first-order chi connectivity index (χ1) is 11.1. The van der Waals surface area contributed by atoms with E-state index in [0.717, 1.165) is 18.2 Å². The number of nitro benzene ring substituents is 1. The zero-order valence-electron chi connectivity index (χ0n) is 12.8. The molecular formula is C14H16F3N3O4. The van der Waals surface area contributed by atoms with Gasteiger partial charge < -0.3 is 10.0 Å². The molecular weight excluding hydrogens is 331 g/mol. The predicted molar refractivity (Wildman–Crippen MR) is 77.8 cm³/mol. The number of phenols is 1. The van der Waals surface area contributed by atoms with Crippen LogP contribution in [0.25, 0.3) is 0 Å². The lowest BCUT2D eigenvalue weighted by atomic mass is 10.1. The third-order valence-corrected chi connectivity index (χ3v) is 3.86. The number of piperazine rings is 1. The largest absolute Gasteiger partial charge is 0.507 e. The van der Waals surface area contributed by atoms with E-state index in [-0.39, 0.29) is 30.9 Å². The van der Waals surface area contributed by atoms with Gasteiger partial charge in [-0.05, 0) is 13.0 Å². The average molecular weight is 347 g/mol. The minimum atomic E-state index is -4.31. The summed E-state index contributed by atoms with van der Waals surface area (Å²) in [6.07, 6.45) is -4.31. The zero-order chi connectivity index (χ0) is 18.1. The first-order valence-corrected chi connectivity index (χ1v) is 7.16. The molecule has 2 rings (SSSR count). The first kappa shape index (κ1) is 18.0. The highest BCUT2D eigenvalue weighted by Gasteiger charge is 2.36. The number of nitrogens with zero attached hydrogens (tertiary/aromatic N) is 3. The molecule has 1 saturated heterocycles. The normalized spacial score (nSPS) is 19.3. The Balaban J connectivity index is 2.08. The number of benzene rings is 1. The van der Waals surface area contributed by atoms with E-state index in [9.17, 15) is 33.2 Å². The van der Waals surface area contributed by atoms with E-state index in [4.69, 9.17) is 0 Å². The Morgan fingerprint density at radius 2 is 2.08 bits per heavy atom. The monoisotopic (exact) mass is 347 g/mol. The molecule has 1 N–H and O–H groups in total. The van der Waals surface area contributed by atoms with E-state index in [1.165, 1.54) is 9.80 Å². The molecule has 1 amide bonds. The van der Waals surface area contributed by atoms with Gasteiger partial charge in [0.05, 0.1) is 23.1 Å². The summed E-state index contributed by atoms with van der Waals surface area (Å²) >= 11 is 0. The predicted octanol–water partition coefficient (Wildman–Crippen LogP) is 2.01. The van der Waals surface area contributed by atoms with Crippen molar-refractivity contribution in [2.24, 2.45) is 0 Å². The van der Waals surface area contributed by atoms with Crippen LogP contribution in [0.4, 0.5) is 18.9 Å². The van der Waals surface area contributed by atoms with Crippen molar-refractivity contribution in [1.82, 2.24) is 9.80 Å². The fraction of sp³-hybridized carbons (Fsp3) is 0.500. The van der Waals surface area contributed by atoms with Crippen molar-refractivity contribution >= 4 is 11.6 Å². The number of hydrogen-bond donors (Lipinski definition) is 1. The summed E-state index contributed by atoms with van der Waals surface area (Å²) < 4.78 is 37.4. The van der Waals surface area contributed by atoms with Crippen LogP contribution in [0.1, 0.15) is 17.3 Å². The molecule has 0 bridgehead atoms. The lowest BCUT2D eigenvalue weighted by molar-refractivity contribution is -0.384. The number of rotatable bonds is 3. The summed E-state index contributed by atoms with van der Waals surface area (Å²) in [6, 6.07) is 2.61. The minimum Gasteiger partial charge on any atom is -0.507 e. The first-order valence-electron chi connectivity index (χ1n) is 7.16. The van der Waals surface area contributed by atoms with Crippen molar-refractivity contribution in [3.05, 3.63) is 33.9 Å². The van der Waals surface area contributed by atoms with Gasteiger partial charge in [0.15, 0.2) is 0 Å². The average Bonchev–Trinajstić information content (AvgIpc) is 2.47. The number of carbonyl (C=O) groups is 1. The number of nitro groups is 1. The number of halogens is 3. The summed E-state index contributed by atoms with van der Waals surface area (Å²) in [6.45, 7) is 0.751. The van der Waals surface area contributed by atoms with Crippen LogP contribution in [0, 0.1) is 10.1 Å². The molecule has 0 saturated carbocycles. The molecule has 1 aromatic rings. The fourth-order valence-corrected chi connectivity index (χ4v) is 2.63. The number of alkyl halides is 3. The van der Waals surface area contributed by atoms with E-state index < -0.39 is 35.3 Å². The highest BCUT2D eigenvalue weighted by molar-refractivity contribution is 5.97. The Morgan fingerprint density at radius 1 is 1.42 bits per heavy atom. The Bertz CT molecular complexity index is 651. The summed E-state index contributed by atoms with van der Waals surface area (Å²) in [5.41, 5.74) is -0.468. The molecule has 10 heteroatoms. The van der Waals surface area contributed by atoms with Crippen molar-refractivity contribution < 1.29 is 28.0 Å². The molecule has 0 aromatic heterocycles. The summed E-state index contributed by atoms with van der Waals surface area (Å²) in [5.74, 6) is -1.10. The van der Waals surface area contributed by atoms with Gasteiger partial charge in [0, 0.05) is 31.7 Å². The fourth-order valence-electron chi connectivity index (χ4n) is 2.63. The van der Waals surface area contributed by atoms with Crippen molar-refractivity contribution in [2.75, 3.05) is 26.2 Å². The summed E-state index contributed by atoms with van der Waals surface area (Å²) in [7, 11) is 0. The SMILES string of the molecule is C[C@@H]1CN(C(=O)c2ccc([N+](=O)[O-])cc2O)CCN1CC(F)(F)F. The topological polar surface area (TPSA) is 86.9 Å². The molecule has 0 aliphatic carbocycles. The Hall–Kier alpha value is -2.36. The van der Waals surface area contributed by atoms with Gasteiger partial charge in [-0.1, -0.05) is 0 Å². The molecule has 1 heterocycles. The summed E-state index contributed by atoms with van der Waals surface area (Å²) in [5, 5.41) is 20.4. The van der Waals surface area contributed by atoms with Crippen LogP contribution >= 0.6 is 0 Å². The number of aromatic hydroxyl groups is 1. The number of phenolic OH excluding ortho intramolecular Hbond substituents is 1. The lowest BCUT2D eigenvalue weighted by Crippen LogP contribution is -2.55. The van der Waals surface area contributed by atoms with Crippen molar-refractivity contribution in [3.8, 4) is 5.75 Å². The number of amides is 1. The van der Waals surface area contributed by atoms with Crippen LogP contribution in [0.5, 0.6) is 5.75 Å². The number of hydrogen-bond acceptors (Lipinski definition) is 5. The van der Waals surface area contributed by atoms with Gasteiger partial charge in [-0.15, -0.1) is 0 Å². The van der Waals surface area contributed by atoms with Gasteiger partial charge >= 0.3 is 6.18 Å². The molecule has 1 aliphatic rings. The van der Waals surface area contributed by atoms with Gasteiger partial charge in [-0.2, -0.15) is 13.2 Å². The van der Waals surface area contributed by atoms with Gasteiger partial charge in [0.1, 0.15) is 5.75 Å². The molecule has 0 radical (unpaired) electrons. The Labute approximate surface area is 135 Å². The van der Waals surface area contributed by atoms with E-state index in [0.29, 0.717) is 0 Å². The van der Waals surface area contributed by atoms with Crippen molar-refractivity contribution in [3.63, 3.8) is 0 Å². The minimum absolute atomic E-state index is 0.0557. The molecule has 7 nitrogen and oxygen atoms in total. The van der Waals surface area contributed by atoms with Crippen LogP contribution in [0.2, 0.25) is 0 Å². The zero-order valence-corrected chi connectivity index (χ0v) is 12.8. The highest BCUT2D eigenvalue weighted by Crippen LogP contribution is 2.26. The molecule has 1 aromatic carbocycles. The van der Waals surface area contributed by atoms with Crippen molar-refractivity contribution in [1.29, 1.82) is 0 Å².